The maximum atomic E-state index is 13.2. The summed E-state index contributed by atoms with van der Waals surface area (Å²) in [5.74, 6) is 1.41. The molecule has 0 unspecified atom stereocenters. The van der Waals surface area contributed by atoms with E-state index in [4.69, 9.17) is 14.5 Å². The molecule has 0 radical (unpaired) electrons. The molecule has 3 rings (SSSR count). The molecule has 33 heavy (non-hydrogen) atoms. The Labute approximate surface area is 200 Å². The lowest BCUT2D eigenvalue weighted by Gasteiger charge is -2.23. The summed E-state index contributed by atoms with van der Waals surface area (Å²) in [4.78, 5) is 22.1. The van der Waals surface area contributed by atoms with Crippen LogP contribution < -0.4 is 14.4 Å². The van der Waals surface area contributed by atoms with Gasteiger partial charge in [-0.05, 0) is 74.9 Å². The largest absolute Gasteiger partial charge is 0.497 e. The number of carbonyl (C=O) groups excluding carboxylic acids is 1. The van der Waals surface area contributed by atoms with E-state index in [1.807, 2.05) is 60.8 Å². The summed E-state index contributed by atoms with van der Waals surface area (Å²) < 4.78 is 11.0. The van der Waals surface area contributed by atoms with Gasteiger partial charge >= 0.3 is 0 Å². The molecule has 0 N–H and O–H groups in total. The molecule has 176 valence electrons. The molecule has 0 aliphatic carbocycles. The van der Waals surface area contributed by atoms with Crippen molar-refractivity contribution in [2.75, 3.05) is 44.8 Å². The van der Waals surface area contributed by atoms with Gasteiger partial charge in [-0.2, -0.15) is 0 Å². The first-order valence-electron chi connectivity index (χ1n) is 11.4. The molecule has 6 nitrogen and oxygen atoms in total. The van der Waals surface area contributed by atoms with Crippen molar-refractivity contribution >= 4 is 22.4 Å². The smallest absolute Gasteiger partial charge is 0.266 e. The normalized spacial score (nSPS) is 10.9. The topological polar surface area (TPSA) is 54.9 Å². The minimum atomic E-state index is -0.0910. The van der Waals surface area contributed by atoms with E-state index in [1.54, 1.807) is 12.0 Å². The molecule has 0 aliphatic heterocycles. The third kappa shape index (κ3) is 7.04. The van der Waals surface area contributed by atoms with Gasteiger partial charge in [0, 0.05) is 17.5 Å². The lowest BCUT2D eigenvalue weighted by Crippen LogP contribution is -2.37. The number of anilines is 1. The zero-order valence-corrected chi connectivity index (χ0v) is 20.7. The van der Waals surface area contributed by atoms with Crippen molar-refractivity contribution in [1.29, 1.82) is 0 Å². The SMILES string of the molecule is CCN(CC)CCCN(C(=O)COc1cccc(C)c1)c1nc(-c2ccc(OC)cc2)cs1. The zero-order chi connectivity index (χ0) is 23.6. The third-order valence-electron chi connectivity index (χ3n) is 5.51. The van der Waals surface area contributed by atoms with Crippen molar-refractivity contribution in [3.05, 3.63) is 59.5 Å². The van der Waals surface area contributed by atoms with E-state index in [0.29, 0.717) is 17.4 Å². The van der Waals surface area contributed by atoms with Gasteiger partial charge in [0.1, 0.15) is 11.5 Å². The lowest BCUT2D eigenvalue weighted by molar-refractivity contribution is -0.120. The standard InChI is InChI=1S/C26H33N3O3S/c1-5-28(6-2)15-8-16-29(25(30)18-32-23-10-7-9-20(3)17-23)26-27-24(19-33-26)21-11-13-22(31-4)14-12-21/h7,9-14,17,19H,5-6,8,15-16,18H2,1-4H3. The first-order valence-corrected chi connectivity index (χ1v) is 12.2. The fourth-order valence-corrected chi connectivity index (χ4v) is 4.41. The molecule has 7 heteroatoms. The summed E-state index contributed by atoms with van der Waals surface area (Å²) >= 11 is 1.48. The number of thiazole rings is 1. The van der Waals surface area contributed by atoms with Crippen LogP contribution in [0.1, 0.15) is 25.8 Å². The number of aryl methyl sites for hydroxylation is 1. The van der Waals surface area contributed by atoms with Crippen molar-refractivity contribution in [1.82, 2.24) is 9.88 Å². The van der Waals surface area contributed by atoms with E-state index in [-0.39, 0.29) is 12.5 Å². The molecular weight excluding hydrogens is 434 g/mol. The summed E-state index contributed by atoms with van der Waals surface area (Å²) in [6, 6.07) is 15.5. The second kappa shape index (κ2) is 12.4. The van der Waals surface area contributed by atoms with E-state index in [0.717, 1.165) is 48.6 Å². The van der Waals surface area contributed by atoms with Gasteiger partial charge < -0.3 is 14.4 Å². The third-order valence-corrected chi connectivity index (χ3v) is 6.38. The molecular formula is C26H33N3O3S. The highest BCUT2D eigenvalue weighted by molar-refractivity contribution is 7.14. The fraction of sp³-hybridized carbons (Fsp3) is 0.385. The van der Waals surface area contributed by atoms with Crippen molar-refractivity contribution in [2.24, 2.45) is 0 Å². The first-order chi connectivity index (χ1) is 16.0. The van der Waals surface area contributed by atoms with Gasteiger partial charge in [0.2, 0.25) is 0 Å². The van der Waals surface area contributed by atoms with Crippen LogP contribution >= 0.6 is 11.3 Å². The maximum absolute atomic E-state index is 13.2. The number of benzene rings is 2. The van der Waals surface area contributed by atoms with Gasteiger partial charge in [0.25, 0.3) is 5.91 Å². The van der Waals surface area contributed by atoms with E-state index in [9.17, 15) is 4.79 Å². The fourth-order valence-electron chi connectivity index (χ4n) is 3.53. The average molecular weight is 468 g/mol. The molecule has 1 amide bonds. The summed E-state index contributed by atoms with van der Waals surface area (Å²) in [5, 5.41) is 2.68. The Bertz CT molecular complexity index is 1020. The average Bonchev–Trinajstić information content (AvgIpc) is 3.33. The zero-order valence-electron chi connectivity index (χ0n) is 19.9. The summed E-state index contributed by atoms with van der Waals surface area (Å²) in [6.07, 6.45) is 0.870. The summed E-state index contributed by atoms with van der Waals surface area (Å²) in [7, 11) is 1.65. The van der Waals surface area contributed by atoms with Gasteiger partial charge in [-0.15, -0.1) is 11.3 Å². The Morgan fingerprint density at radius 2 is 1.79 bits per heavy atom. The summed E-state index contributed by atoms with van der Waals surface area (Å²) in [5.41, 5.74) is 2.93. The van der Waals surface area contributed by atoms with Crippen LogP contribution in [0.4, 0.5) is 5.13 Å². The van der Waals surface area contributed by atoms with Crippen LogP contribution in [0.5, 0.6) is 11.5 Å². The molecule has 0 saturated heterocycles. The number of ether oxygens (including phenoxy) is 2. The van der Waals surface area contributed by atoms with Crippen LogP contribution in [-0.2, 0) is 4.79 Å². The molecule has 0 saturated carbocycles. The Kier molecular flexibility index (Phi) is 9.27. The Hall–Kier alpha value is -2.90. The molecule has 0 aliphatic rings. The highest BCUT2D eigenvalue weighted by Gasteiger charge is 2.20. The summed E-state index contributed by atoms with van der Waals surface area (Å²) in [6.45, 7) is 9.83. The number of amides is 1. The Balaban J connectivity index is 1.74. The Morgan fingerprint density at radius 3 is 2.45 bits per heavy atom. The predicted octanol–water partition coefficient (Wildman–Crippen LogP) is 5.27. The van der Waals surface area contributed by atoms with Crippen LogP contribution in [-0.4, -0.2) is 55.7 Å². The Morgan fingerprint density at radius 1 is 1.03 bits per heavy atom. The highest BCUT2D eigenvalue weighted by Crippen LogP contribution is 2.29. The van der Waals surface area contributed by atoms with Crippen LogP contribution in [0.15, 0.2) is 53.9 Å². The van der Waals surface area contributed by atoms with Gasteiger partial charge in [-0.1, -0.05) is 26.0 Å². The van der Waals surface area contributed by atoms with Crippen molar-refractivity contribution in [3.8, 4) is 22.8 Å². The van der Waals surface area contributed by atoms with E-state index >= 15 is 0 Å². The molecule has 0 atom stereocenters. The number of nitrogens with zero attached hydrogens (tertiary/aromatic N) is 3. The quantitative estimate of drug-likeness (QED) is 0.363. The molecule has 1 aromatic heterocycles. The molecule has 0 bridgehead atoms. The number of hydrogen-bond acceptors (Lipinski definition) is 6. The van der Waals surface area contributed by atoms with Crippen LogP contribution in [0.2, 0.25) is 0 Å². The van der Waals surface area contributed by atoms with Gasteiger partial charge in [0.05, 0.1) is 12.8 Å². The van der Waals surface area contributed by atoms with Crippen molar-refractivity contribution in [2.45, 2.75) is 27.2 Å². The number of rotatable bonds is 12. The van der Waals surface area contributed by atoms with Crippen LogP contribution in [0.25, 0.3) is 11.3 Å². The predicted molar refractivity (Wildman–Crippen MR) is 136 cm³/mol. The first kappa shape index (κ1) is 24.7. The molecule has 0 fully saturated rings. The van der Waals surface area contributed by atoms with Crippen LogP contribution in [0.3, 0.4) is 0 Å². The second-order valence-electron chi connectivity index (χ2n) is 7.77. The minimum Gasteiger partial charge on any atom is -0.497 e. The monoisotopic (exact) mass is 467 g/mol. The second-order valence-corrected chi connectivity index (χ2v) is 8.61. The molecule has 3 aromatic rings. The maximum Gasteiger partial charge on any atom is 0.266 e. The van der Waals surface area contributed by atoms with Crippen LogP contribution in [0, 0.1) is 6.92 Å². The van der Waals surface area contributed by atoms with Gasteiger partial charge in [-0.25, -0.2) is 4.98 Å². The van der Waals surface area contributed by atoms with E-state index < -0.39 is 0 Å². The number of carbonyl (C=O) groups is 1. The van der Waals surface area contributed by atoms with Gasteiger partial charge in [0.15, 0.2) is 11.7 Å². The van der Waals surface area contributed by atoms with Crippen molar-refractivity contribution < 1.29 is 14.3 Å². The molecule has 0 spiro atoms. The molecule has 1 heterocycles. The van der Waals surface area contributed by atoms with Gasteiger partial charge in [-0.3, -0.25) is 9.69 Å². The highest BCUT2D eigenvalue weighted by atomic mass is 32.1. The lowest BCUT2D eigenvalue weighted by atomic mass is 10.2. The van der Waals surface area contributed by atoms with E-state index in [2.05, 4.69) is 18.7 Å². The number of aromatic nitrogens is 1. The minimum absolute atomic E-state index is 0.0217. The number of hydrogen-bond donors (Lipinski definition) is 0. The number of methoxy groups -OCH3 is 1. The molecule has 2 aromatic carbocycles. The van der Waals surface area contributed by atoms with Crippen molar-refractivity contribution in [3.63, 3.8) is 0 Å². The van der Waals surface area contributed by atoms with E-state index in [1.165, 1.54) is 11.3 Å².